The molecule has 1 saturated carbocycles. The molecule has 2 aromatic carbocycles. The largest absolute Gasteiger partial charge is 0.466 e. The van der Waals surface area contributed by atoms with Crippen molar-refractivity contribution in [1.29, 1.82) is 0 Å². The maximum absolute atomic E-state index is 13.9. The molecule has 1 N–H and O–H groups in total. The van der Waals surface area contributed by atoms with Gasteiger partial charge in [0.1, 0.15) is 24.2 Å². The van der Waals surface area contributed by atoms with Crippen molar-refractivity contribution in [3.8, 4) is 11.4 Å². The Morgan fingerprint density at radius 2 is 1.57 bits per heavy atom. The van der Waals surface area contributed by atoms with Crippen LogP contribution in [0.5, 0.6) is 0 Å². The van der Waals surface area contributed by atoms with Crippen LogP contribution in [-0.2, 0) is 25.7 Å². The van der Waals surface area contributed by atoms with Gasteiger partial charge in [0.15, 0.2) is 5.82 Å². The summed E-state index contributed by atoms with van der Waals surface area (Å²) in [5, 5.41) is 2.96. The quantitative estimate of drug-likeness (QED) is 0.318. The van der Waals surface area contributed by atoms with Crippen molar-refractivity contribution in [3.05, 3.63) is 78.0 Å². The molecular weight excluding hydrogens is 624 g/mol. The van der Waals surface area contributed by atoms with Crippen LogP contribution in [0.2, 0.25) is 0 Å². The topological polar surface area (TPSA) is 134 Å². The van der Waals surface area contributed by atoms with Crippen molar-refractivity contribution in [2.45, 2.75) is 46.4 Å². The standard InChI is InChI=1S/C37H44N6O6/c1-5-48-36(46)31-27-20-42(21-28(27)31)30-18-29(38-33(39-30)26-14-10-7-11-15-26)34(44)40-32(23(2)3)35(45)41-16-17-43(24(4)19-41)37(47)49-22-25-12-8-6-9-13-25/h6-15,18,23-24,27-28,31-32H,5,16-17,19-22H2,1-4H3,(H,40,44)/t24-,27-,28+,31?,32+/m1/s1. The lowest BCUT2D eigenvalue weighted by atomic mass is 10.0. The third kappa shape index (κ3) is 7.53. The maximum Gasteiger partial charge on any atom is 0.410 e. The summed E-state index contributed by atoms with van der Waals surface area (Å²) in [4.78, 5) is 67.8. The average molecular weight is 669 g/mol. The van der Waals surface area contributed by atoms with Crippen LogP contribution >= 0.6 is 0 Å². The number of benzene rings is 2. The Balaban J connectivity index is 1.13. The van der Waals surface area contributed by atoms with Gasteiger partial charge in [-0.15, -0.1) is 0 Å². The molecule has 6 rings (SSSR count). The van der Waals surface area contributed by atoms with Gasteiger partial charge in [-0.05, 0) is 37.2 Å². The van der Waals surface area contributed by atoms with Crippen LogP contribution in [0.25, 0.3) is 11.4 Å². The number of carbonyl (C=O) groups excluding carboxylic acids is 4. The zero-order chi connectivity index (χ0) is 34.7. The van der Waals surface area contributed by atoms with Gasteiger partial charge in [0.05, 0.1) is 12.5 Å². The van der Waals surface area contributed by atoms with E-state index in [0.29, 0.717) is 51.0 Å². The first-order chi connectivity index (χ1) is 23.6. The number of ether oxygens (including phenoxy) is 2. The molecule has 1 unspecified atom stereocenters. The van der Waals surface area contributed by atoms with Crippen LogP contribution in [0, 0.1) is 23.7 Å². The molecule has 3 amide bonds. The summed E-state index contributed by atoms with van der Waals surface area (Å²) < 4.78 is 10.8. The summed E-state index contributed by atoms with van der Waals surface area (Å²) in [6.45, 7) is 10.3. The number of hydrogen-bond donors (Lipinski definition) is 1. The predicted octanol–water partition coefficient (Wildman–Crippen LogP) is 4.01. The van der Waals surface area contributed by atoms with E-state index in [1.54, 1.807) is 15.9 Å². The van der Waals surface area contributed by atoms with Gasteiger partial charge in [0.25, 0.3) is 5.91 Å². The lowest BCUT2D eigenvalue weighted by Gasteiger charge is -2.40. The van der Waals surface area contributed by atoms with Crippen molar-refractivity contribution in [1.82, 2.24) is 25.1 Å². The summed E-state index contributed by atoms with van der Waals surface area (Å²) in [5.74, 6) is 0.275. The van der Waals surface area contributed by atoms with Gasteiger partial charge in [-0.25, -0.2) is 14.8 Å². The third-order valence-corrected chi connectivity index (χ3v) is 9.65. The molecule has 5 atom stereocenters. The Labute approximate surface area is 286 Å². The van der Waals surface area contributed by atoms with Gasteiger partial charge in [0, 0.05) is 50.4 Å². The minimum atomic E-state index is -0.806. The zero-order valence-electron chi connectivity index (χ0n) is 28.5. The average Bonchev–Trinajstić information content (AvgIpc) is 3.62. The highest BCUT2D eigenvalue weighted by molar-refractivity contribution is 5.97. The highest BCUT2D eigenvalue weighted by Crippen LogP contribution is 2.53. The number of rotatable bonds is 10. The minimum absolute atomic E-state index is 0.0864. The second-order valence-corrected chi connectivity index (χ2v) is 13.4. The van der Waals surface area contributed by atoms with Crippen molar-refractivity contribution >= 4 is 29.7 Å². The van der Waals surface area contributed by atoms with Crippen LogP contribution in [-0.4, -0.2) is 95.1 Å². The first kappa shape index (κ1) is 33.9. The van der Waals surface area contributed by atoms with Crippen LogP contribution in [0.4, 0.5) is 10.6 Å². The van der Waals surface area contributed by atoms with E-state index in [4.69, 9.17) is 14.5 Å². The maximum atomic E-state index is 13.9. The normalized spacial score (nSPS) is 21.9. The van der Waals surface area contributed by atoms with E-state index >= 15 is 0 Å². The Bertz CT molecular complexity index is 1660. The molecule has 0 radical (unpaired) electrons. The molecule has 12 heteroatoms. The first-order valence-corrected chi connectivity index (χ1v) is 17.1. The van der Waals surface area contributed by atoms with Gasteiger partial charge >= 0.3 is 12.1 Å². The van der Waals surface area contributed by atoms with E-state index in [2.05, 4.69) is 15.2 Å². The summed E-state index contributed by atoms with van der Waals surface area (Å²) >= 11 is 0. The summed E-state index contributed by atoms with van der Waals surface area (Å²) in [7, 11) is 0. The van der Waals surface area contributed by atoms with Crippen molar-refractivity contribution in [3.63, 3.8) is 0 Å². The fourth-order valence-electron chi connectivity index (χ4n) is 6.89. The molecular formula is C37H44N6O6. The number of esters is 1. The van der Waals surface area contributed by atoms with Crippen LogP contribution in [0.3, 0.4) is 0 Å². The number of anilines is 1. The van der Waals surface area contributed by atoms with Gasteiger partial charge in [-0.3, -0.25) is 14.4 Å². The lowest BCUT2D eigenvalue weighted by Crippen LogP contribution is -2.60. The molecule has 0 spiro atoms. The number of carbonyl (C=O) groups is 4. The number of aromatic nitrogens is 2. The summed E-state index contributed by atoms with van der Waals surface area (Å²) in [5.41, 5.74) is 1.82. The van der Waals surface area contributed by atoms with Crippen molar-refractivity contribution in [2.75, 3.05) is 44.2 Å². The van der Waals surface area contributed by atoms with E-state index in [1.807, 2.05) is 88.4 Å². The number of fused-ring (bicyclic) bond motifs is 1. The molecule has 2 aliphatic heterocycles. The third-order valence-electron chi connectivity index (χ3n) is 9.65. The number of nitrogens with zero attached hydrogens (tertiary/aromatic N) is 5. The molecule has 0 bridgehead atoms. The van der Waals surface area contributed by atoms with Gasteiger partial charge < -0.3 is 29.5 Å². The number of piperidine rings is 1. The Morgan fingerprint density at radius 1 is 0.898 bits per heavy atom. The number of nitrogens with one attached hydrogen (secondary N) is 1. The SMILES string of the molecule is CCOC(=O)C1[C@H]2CN(c3cc(C(=O)N[C@H](C(=O)N4CCN(C(=O)OCc5ccccc5)[C@H](C)C4)C(C)C)nc(-c4ccccc4)n3)C[C@@H]12. The lowest BCUT2D eigenvalue weighted by molar-refractivity contribution is -0.145. The van der Waals surface area contributed by atoms with E-state index in [9.17, 15) is 19.2 Å². The Kier molecular flexibility index (Phi) is 10.1. The van der Waals surface area contributed by atoms with E-state index in [0.717, 1.165) is 11.1 Å². The molecule has 1 aromatic heterocycles. The Hall–Kier alpha value is -5.00. The molecule has 12 nitrogen and oxygen atoms in total. The highest BCUT2D eigenvalue weighted by Gasteiger charge is 2.60. The molecule has 1 aliphatic carbocycles. The predicted molar refractivity (Wildman–Crippen MR) is 182 cm³/mol. The zero-order valence-corrected chi connectivity index (χ0v) is 28.5. The number of piperazine rings is 1. The Morgan fingerprint density at radius 3 is 2.20 bits per heavy atom. The van der Waals surface area contributed by atoms with Gasteiger partial charge in [-0.1, -0.05) is 74.5 Å². The van der Waals surface area contributed by atoms with Crippen LogP contribution in [0.1, 0.15) is 43.7 Å². The second-order valence-electron chi connectivity index (χ2n) is 13.4. The second kappa shape index (κ2) is 14.6. The minimum Gasteiger partial charge on any atom is -0.466 e. The first-order valence-electron chi connectivity index (χ1n) is 17.1. The van der Waals surface area contributed by atoms with Crippen LogP contribution < -0.4 is 10.2 Å². The highest BCUT2D eigenvalue weighted by atomic mass is 16.6. The summed E-state index contributed by atoms with van der Waals surface area (Å²) in [6.07, 6.45) is -0.419. The smallest absolute Gasteiger partial charge is 0.410 e. The monoisotopic (exact) mass is 668 g/mol. The molecule has 3 fully saturated rings. The molecule has 2 saturated heterocycles. The summed E-state index contributed by atoms with van der Waals surface area (Å²) in [6, 6.07) is 19.5. The van der Waals surface area contributed by atoms with Crippen LogP contribution in [0.15, 0.2) is 66.7 Å². The molecule has 3 heterocycles. The van der Waals surface area contributed by atoms with Crippen molar-refractivity contribution < 1.29 is 28.7 Å². The van der Waals surface area contributed by atoms with E-state index < -0.39 is 18.0 Å². The van der Waals surface area contributed by atoms with E-state index in [-0.39, 0.29) is 53.9 Å². The molecule has 49 heavy (non-hydrogen) atoms. The number of hydrogen-bond acceptors (Lipinski definition) is 9. The fraction of sp³-hybridized carbons (Fsp3) is 0.459. The fourth-order valence-corrected chi connectivity index (χ4v) is 6.89. The van der Waals surface area contributed by atoms with Gasteiger partial charge in [-0.2, -0.15) is 0 Å². The van der Waals surface area contributed by atoms with E-state index in [1.165, 1.54) is 0 Å². The molecule has 3 aromatic rings. The number of amides is 3. The van der Waals surface area contributed by atoms with Crippen molar-refractivity contribution in [2.24, 2.45) is 23.7 Å². The van der Waals surface area contributed by atoms with Gasteiger partial charge in [0.2, 0.25) is 5.91 Å². The molecule has 258 valence electrons. The molecule has 3 aliphatic rings.